The number of rotatable bonds is 7. The number of nitrogens with zero attached hydrogens (tertiary/aromatic N) is 2. The maximum Gasteiger partial charge on any atom is 0.223 e. The zero-order chi connectivity index (χ0) is 22.7. The van der Waals surface area contributed by atoms with E-state index in [1.807, 2.05) is 6.07 Å². The van der Waals surface area contributed by atoms with Crippen LogP contribution in [-0.2, 0) is 34.0 Å². The first kappa shape index (κ1) is 22.7. The lowest BCUT2D eigenvalue weighted by Crippen LogP contribution is -2.48. The van der Waals surface area contributed by atoms with Crippen molar-refractivity contribution in [2.75, 3.05) is 39.0 Å². The van der Waals surface area contributed by atoms with E-state index < -0.39 is 9.84 Å². The number of fused-ring (bicyclic) bond motifs is 1. The van der Waals surface area contributed by atoms with Gasteiger partial charge in [-0.2, -0.15) is 0 Å². The Morgan fingerprint density at radius 2 is 1.78 bits per heavy atom. The Bertz CT molecular complexity index is 1100. The van der Waals surface area contributed by atoms with Gasteiger partial charge in [0.25, 0.3) is 0 Å². The third-order valence-electron chi connectivity index (χ3n) is 6.38. The molecule has 1 saturated heterocycles. The van der Waals surface area contributed by atoms with Crippen LogP contribution in [0.15, 0.2) is 41.3 Å². The van der Waals surface area contributed by atoms with Crippen LogP contribution < -0.4 is 4.74 Å². The highest BCUT2D eigenvalue weighted by molar-refractivity contribution is 7.91. The molecule has 2 aromatic carbocycles. The van der Waals surface area contributed by atoms with Crippen LogP contribution in [0.5, 0.6) is 5.75 Å². The molecule has 0 unspecified atom stereocenters. The van der Waals surface area contributed by atoms with Crippen LogP contribution in [0.25, 0.3) is 0 Å². The fourth-order valence-electron chi connectivity index (χ4n) is 4.51. The molecule has 0 aromatic heterocycles. The van der Waals surface area contributed by atoms with Crippen molar-refractivity contribution in [1.82, 2.24) is 9.80 Å². The van der Waals surface area contributed by atoms with Gasteiger partial charge in [-0.25, -0.2) is 12.8 Å². The van der Waals surface area contributed by atoms with E-state index in [4.69, 9.17) is 4.74 Å². The van der Waals surface area contributed by atoms with E-state index in [9.17, 15) is 17.6 Å². The van der Waals surface area contributed by atoms with Crippen molar-refractivity contribution in [3.05, 3.63) is 58.9 Å². The predicted molar refractivity (Wildman–Crippen MR) is 120 cm³/mol. The lowest BCUT2D eigenvalue weighted by Gasteiger charge is -2.35. The van der Waals surface area contributed by atoms with E-state index in [1.165, 1.54) is 17.7 Å². The second-order valence-corrected chi connectivity index (χ2v) is 10.6. The maximum absolute atomic E-state index is 13.6. The van der Waals surface area contributed by atoms with Crippen molar-refractivity contribution in [2.24, 2.45) is 0 Å². The van der Waals surface area contributed by atoms with Gasteiger partial charge in [0, 0.05) is 44.7 Å². The SMILES string of the molecule is COc1ccc(F)cc1CN1CCN(C(=O)CCS(=O)(=O)c2ccc3c(c2)CCC3)CC1. The van der Waals surface area contributed by atoms with E-state index in [0.717, 1.165) is 30.4 Å². The summed E-state index contributed by atoms with van der Waals surface area (Å²) in [6.45, 7) is 2.87. The second kappa shape index (κ2) is 9.58. The van der Waals surface area contributed by atoms with Crippen LogP contribution in [0, 0.1) is 5.82 Å². The third-order valence-corrected chi connectivity index (χ3v) is 8.09. The molecule has 0 N–H and O–H groups in total. The summed E-state index contributed by atoms with van der Waals surface area (Å²) in [4.78, 5) is 16.8. The van der Waals surface area contributed by atoms with Crippen molar-refractivity contribution in [3.63, 3.8) is 0 Å². The summed E-state index contributed by atoms with van der Waals surface area (Å²) in [6, 6.07) is 9.82. The minimum Gasteiger partial charge on any atom is -0.496 e. The first-order chi connectivity index (χ1) is 15.4. The highest BCUT2D eigenvalue weighted by Crippen LogP contribution is 2.26. The lowest BCUT2D eigenvalue weighted by molar-refractivity contribution is -0.132. The van der Waals surface area contributed by atoms with E-state index in [1.54, 1.807) is 30.2 Å². The lowest BCUT2D eigenvalue weighted by atomic mass is 10.1. The van der Waals surface area contributed by atoms with E-state index in [2.05, 4.69) is 4.90 Å². The summed E-state index contributed by atoms with van der Waals surface area (Å²) in [5.41, 5.74) is 3.12. The Balaban J connectivity index is 1.29. The zero-order valence-electron chi connectivity index (χ0n) is 18.3. The van der Waals surface area contributed by atoms with Gasteiger partial charge in [0.1, 0.15) is 11.6 Å². The number of benzene rings is 2. The number of halogens is 1. The first-order valence-corrected chi connectivity index (χ1v) is 12.7. The molecular weight excluding hydrogens is 431 g/mol. The van der Waals surface area contributed by atoms with Gasteiger partial charge >= 0.3 is 0 Å². The highest BCUT2D eigenvalue weighted by Gasteiger charge is 2.25. The second-order valence-electron chi connectivity index (χ2n) is 8.47. The van der Waals surface area contributed by atoms with Crippen molar-refractivity contribution >= 4 is 15.7 Å². The van der Waals surface area contributed by atoms with Gasteiger partial charge in [-0.15, -0.1) is 0 Å². The van der Waals surface area contributed by atoms with Crippen molar-refractivity contribution in [1.29, 1.82) is 0 Å². The fraction of sp³-hybridized carbons (Fsp3) is 0.458. The van der Waals surface area contributed by atoms with Crippen LogP contribution in [0.3, 0.4) is 0 Å². The topological polar surface area (TPSA) is 66.9 Å². The molecule has 172 valence electrons. The molecule has 0 bridgehead atoms. The third kappa shape index (κ3) is 5.13. The molecule has 0 saturated carbocycles. The maximum atomic E-state index is 13.6. The Morgan fingerprint density at radius 3 is 2.53 bits per heavy atom. The van der Waals surface area contributed by atoms with Crippen LogP contribution in [0.1, 0.15) is 29.5 Å². The number of aryl methyl sites for hydroxylation is 2. The zero-order valence-corrected chi connectivity index (χ0v) is 19.2. The van der Waals surface area contributed by atoms with Gasteiger partial charge in [0.2, 0.25) is 5.91 Å². The minimum absolute atomic E-state index is 0.0167. The number of methoxy groups -OCH3 is 1. The molecule has 1 heterocycles. The molecule has 4 rings (SSSR count). The van der Waals surface area contributed by atoms with Crippen LogP contribution >= 0.6 is 0 Å². The van der Waals surface area contributed by atoms with Crippen LogP contribution in [0.2, 0.25) is 0 Å². The molecule has 2 aliphatic rings. The summed E-state index contributed by atoms with van der Waals surface area (Å²) in [7, 11) is -1.93. The minimum atomic E-state index is -3.49. The summed E-state index contributed by atoms with van der Waals surface area (Å²) in [5.74, 6) is 0.0179. The number of piperazine rings is 1. The highest BCUT2D eigenvalue weighted by atomic mass is 32.2. The number of carbonyl (C=O) groups excluding carboxylic acids is 1. The number of amides is 1. The summed E-state index contributed by atoms with van der Waals surface area (Å²) >= 11 is 0. The van der Waals surface area contributed by atoms with Crippen LogP contribution in [0.4, 0.5) is 4.39 Å². The average Bonchev–Trinajstić information content (AvgIpc) is 3.26. The van der Waals surface area contributed by atoms with Crippen LogP contribution in [-0.4, -0.2) is 63.2 Å². The summed E-state index contributed by atoms with van der Waals surface area (Å²) in [5, 5.41) is 0. The monoisotopic (exact) mass is 460 g/mol. The van der Waals surface area contributed by atoms with Gasteiger partial charge in [0.05, 0.1) is 17.8 Å². The number of carbonyl (C=O) groups is 1. The molecule has 1 amide bonds. The summed E-state index contributed by atoms with van der Waals surface area (Å²) in [6.07, 6.45) is 2.97. The average molecular weight is 461 g/mol. The Labute approximate surface area is 188 Å². The molecule has 1 aliphatic heterocycles. The van der Waals surface area contributed by atoms with Crippen molar-refractivity contribution in [3.8, 4) is 5.75 Å². The molecule has 0 spiro atoms. The Kier molecular flexibility index (Phi) is 6.81. The quantitative estimate of drug-likeness (QED) is 0.636. The van der Waals surface area contributed by atoms with Gasteiger partial charge in [-0.05, 0) is 60.7 Å². The molecule has 32 heavy (non-hydrogen) atoms. The largest absolute Gasteiger partial charge is 0.496 e. The molecule has 6 nitrogen and oxygen atoms in total. The fourth-order valence-corrected chi connectivity index (χ4v) is 5.78. The number of ether oxygens (including phenoxy) is 1. The smallest absolute Gasteiger partial charge is 0.223 e. The molecular formula is C24H29FN2O4S. The number of hydrogen-bond donors (Lipinski definition) is 0. The molecule has 2 aromatic rings. The Morgan fingerprint density at radius 1 is 1.03 bits per heavy atom. The summed E-state index contributed by atoms with van der Waals surface area (Å²) < 4.78 is 44.4. The molecule has 0 radical (unpaired) electrons. The number of sulfone groups is 1. The van der Waals surface area contributed by atoms with Gasteiger partial charge in [0.15, 0.2) is 9.84 Å². The standard InChI is InChI=1S/C24H29FN2O4S/c1-31-23-8-6-21(25)15-20(23)17-26-10-12-27(13-11-26)24(28)9-14-32(29,30)22-7-5-18-3-2-4-19(18)16-22/h5-8,15-16H,2-4,9-14,17H2,1H3. The molecule has 0 atom stereocenters. The van der Waals surface area contributed by atoms with Gasteiger partial charge < -0.3 is 9.64 Å². The van der Waals surface area contributed by atoms with E-state index in [0.29, 0.717) is 43.4 Å². The number of hydrogen-bond acceptors (Lipinski definition) is 5. The Hall–Kier alpha value is -2.45. The van der Waals surface area contributed by atoms with E-state index >= 15 is 0 Å². The van der Waals surface area contributed by atoms with Gasteiger partial charge in [-0.1, -0.05) is 6.07 Å². The normalized spacial score (nSPS) is 16.8. The van der Waals surface area contributed by atoms with Gasteiger partial charge in [-0.3, -0.25) is 9.69 Å². The predicted octanol–water partition coefficient (Wildman–Crippen LogP) is 2.83. The molecule has 8 heteroatoms. The molecule has 1 aliphatic carbocycles. The van der Waals surface area contributed by atoms with Crippen molar-refractivity contribution in [2.45, 2.75) is 37.1 Å². The van der Waals surface area contributed by atoms with E-state index in [-0.39, 0.29) is 23.9 Å². The first-order valence-electron chi connectivity index (χ1n) is 11.0. The molecule has 1 fully saturated rings. The van der Waals surface area contributed by atoms with Crippen molar-refractivity contribution < 1.29 is 22.3 Å².